The highest BCUT2D eigenvalue weighted by molar-refractivity contribution is 7.14. The Morgan fingerprint density at radius 3 is 2.95 bits per heavy atom. The lowest BCUT2D eigenvalue weighted by atomic mass is 10.3. The van der Waals surface area contributed by atoms with E-state index in [1.165, 1.54) is 11.3 Å². The molecule has 0 atom stereocenters. The first-order chi connectivity index (χ1) is 10.6. The van der Waals surface area contributed by atoms with Crippen LogP contribution in [0.4, 0.5) is 10.8 Å². The van der Waals surface area contributed by atoms with Crippen LogP contribution in [0.5, 0.6) is 0 Å². The maximum atomic E-state index is 12.0. The van der Waals surface area contributed by atoms with Crippen molar-refractivity contribution < 1.29 is 9.59 Å². The third-order valence-corrected chi connectivity index (χ3v) is 4.58. The lowest BCUT2D eigenvalue weighted by Gasteiger charge is -2.10. The fraction of sp³-hybridized carbons (Fsp3) is 0.267. The minimum atomic E-state index is -0.183. The molecule has 0 saturated carbocycles. The average molecular weight is 336 g/mol. The van der Waals surface area contributed by atoms with Crippen molar-refractivity contribution in [2.24, 2.45) is 0 Å². The summed E-state index contributed by atoms with van der Waals surface area (Å²) in [7, 11) is 0. The molecular formula is C15H14ClN3O2S. The molecule has 2 amide bonds. The lowest BCUT2D eigenvalue weighted by molar-refractivity contribution is -0.117. The highest BCUT2D eigenvalue weighted by Gasteiger charge is 2.24. The van der Waals surface area contributed by atoms with Crippen LogP contribution in [0.2, 0.25) is 5.02 Å². The van der Waals surface area contributed by atoms with Gasteiger partial charge >= 0.3 is 0 Å². The summed E-state index contributed by atoms with van der Waals surface area (Å²) in [6, 6.07) is 7.08. The number of carbonyl (C=O) groups is 2. The van der Waals surface area contributed by atoms with Crippen LogP contribution in [0.3, 0.4) is 0 Å². The van der Waals surface area contributed by atoms with Gasteiger partial charge in [0.25, 0.3) is 0 Å². The Labute approximate surface area is 136 Å². The van der Waals surface area contributed by atoms with Crippen LogP contribution in [-0.4, -0.2) is 23.3 Å². The number of para-hydroxylation sites is 1. The second kappa shape index (κ2) is 6.46. The molecule has 2 aromatic rings. The highest BCUT2D eigenvalue weighted by atomic mass is 35.5. The number of nitrogens with one attached hydrogen (secondary N) is 1. The first-order valence-electron chi connectivity index (χ1n) is 6.92. The summed E-state index contributed by atoms with van der Waals surface area (Å²) >= 11 is 7.40. The van der Waals surface area contributed by atoms with Gasteiger partial charge in [-0.15, -0.1) is 11.3 Å². The van der Waals surface area contributed by atoms with Crippen molar-refractivity contribution in [1.82, 2.24) is 4.98 Å². The molecule has 1 aliphatic heterocycles. The number of rotatable bonds is 4. The number of aromatic nitrogens is 1. The van der Waals surface area contributed by atoms with Gasteiger partial charge in [-0.05, 0) is 18.6 Å². The maximum absolute atomic E-state index is 12.0. The van der Waals surface area contributed by atoms with Crippen molar-refractivity contribution >= 4 is 45.6 Å². The summed E-state index contributed by atoms with van der Waals surface area (Å²) in [5, 5.41) is 5.74. The van der Waals surface area contributed by atoms with E-state index < -0.39 is 0 Å². The van der Waals surface area contributed by atoms with Crippen molar-refractivity contribution in [3.63, 3.8) is 0 Å². The van der Waals surface area contributed by atoms with Gasteiger partial charge in [-0.25, -0.2) is 4.98 Å². The molecule has 0 unspecified atom stereocenters. The van der Waals surface area contributed by atoms with Crippen molar-refractivity contribution in [3.05, 3.63) is 40.4 Å². The van der Waals surface area contributed by atoms with Crippen LogP contribution in [-0.2, 0) is 16.0 Å². The number of hydrogen-bond acceptors (Lipinski definition) is 4. The number of halogens is 1. The number of benzene rings is 1. The quantitative estimate of drug-likeness (QED) is 0.933. The van der Waals surface area contributed by atoms with Gasteiger partial charge in [0.15, 0.2) is 5.13 Å². The van der Waals surface area contributed by atoms with Gasteiger partial charge in [0.1, 0.15) is 0 Å². The van der Waals surface area contributed by atoms with Gasteiger partial charge in [0.2, 0.25) is 11.8 Å². The van der Waals surface area contributed by atoms with Gasteiger partial charge in [-0.2, -0.15) is 0 Å². The second-order valence-electron chi connectivity index (χ2n) is 4.98. The maximum Gasteiger partial charge on any atom is 0.230 e. The van der Waals surface area contributed by atoms with Crippen LogP contribution in [0.15, 0.2) is 29.6 Å². The van der Waals surface area contributed by atoms with Crippen LogP contribution >= 0.6 is 22.9 Å². The Morgan fingerprint density at radius 2 is 2.23 bits per heavy atom. The molecule has 1 N–H and O–H groups in total. The van der Waals surface area contributed by atoms with Crippen LogP contribution in [0.1, 0.15) is 18.5 Å². The molecule has 2 heterocycles. The number of hydrogen-bond donors (Lipinski definition) is 1. The minimum absolute atomic E-state index is 0.0985. The van der Waals surface area contributed by atoms with Crippen LogP contribution in [0.25, 0.3) is 0 Å². The minimum Gasteiger partial charge on any atom is -0.324 e. The zero-order valence-electron chi connectivity index (χ0n) is 11.7. The molecule has 0 aliphatic carbocycles. The zero-order chi connectivity index (χ0) is 15.5. The SMILES string of the molecule is O=C(Cc1csc(N2CCCC2=O)n1)Nc1ccccc1Cl. The number of amides is 2. The van der Waals surface area contributed by atoms with Crippen molar-refractivity contribution in [3.8, 4) is 0 Å². The smallest absolute Gasteiger partial charge is 0.230 e. The van der Waals surface area contributed by atoms with E-state index in [2.05, 4.69) is 10.3 Å². The van der Waals surface area contributed by atoms with E-state index in [0.717, 1.165) is 6.42 Å². The topological polar surface area (TPSA) is 62.3 Å². The third kappa shape index (κ3) is 3.28. The van der Waals surface area contributed by atoms with E-state index >= 15 is 0 Å². The molecule has 1 aromatic heterocycles. The van der Waals surface area contributed by atoms with E-state index in [4.69, 9.17) is 11.6 Å². The number of nitrogens with zero attached hydrogens (tertiary/aromatic N) is 2. The number of thiazole rings is 1. The van der Waals surface area contributed by atoms with Gasteiger partial charge < -0.3 is 5.32 Å². The van der Waals surface area contributed by atoms with Crippen molar-refractivity contribution in [2.75, 3.05) is 16.8 Å². The van der Waals surface area contributed by atoms with E-state index in [1.54, 1.807) is 29.2 Å². The molecule has 3 rings (SSSR count). The molecule has 7 heteroatoms. The van der Waals surface area contributed by atoms with Crippen molar-refractivity contribution in [2.45, 2.75) is 19.3 Å². The zero-order valence-corrected chi connectivity index (χ0v) is 13.3. The summed E-state index contributed by atoms with van der Waals surface area (Å²) in [6.45, 7) is 0.706. The van der Waals surface area contributed by atoms with E-state index in [9.17, 15) is 9.59 Å². The van der Waals surface area contributed by atoms with Crippen LogP contribution < -0.4 is 10.2 Å². The second-order valence-corrected chi connectivity index (χ2v) is 6.22. The Bertz CT molecular complexity index is 716. The molecule has 1 fully saturated rings. The molecule has 1 saturated heterocycles. The third-order valence-electron chi connectivity index (χ3n) is 3.33. The molecule has 1 aromatic carbocycles. The van der Waals surface area contributed by atoms with Gasteiger partial charge in [0.05, 0.1) is 22.8 Å². The van der Waals surface area contributed by atoms with Gasteiger partial charge in [0, 0.05) is 18.3 Å². The standard InChI is InChI=1S/C15H14ClN3O2S/c16-11-4-1-2-5-12(11)18-13(20)8-10-9-22-15(17-10)19-7-3-6-14(19)21/h1-2,4-5,9H,3,6-8H2,(H,18,20). The summed E-state index contributed by atoms with van der Waals surface area (Å²) in [6.07, 6.45) is 1.59. The van der Waals surface area contributed by atoms with E-state index in [0.29, 0.717) is 34.5 Å². The lowest BCUT2D eigenvalue weighted by Crippen LogP contribution is -2.23. The summed E-state index contributed by atoms with van der Waals surface area (Å²) in [5.74, 6) is -0.0842. The number of anilines is 2. The Balaban J connectivity index is 1.64. The molecule has 0 radical (unpaired) electrons. The fourth-order valence-electron chi connectivity index (χ4n) is 2.27. The molecule has 5 nitrogen and oxygen atoms in total. The number of carbonyl (C=O) groups excluding carboxylic acids is 2. The predicted molar refractivity (Wildman–Crippen MR) is 87.5 cm³/mol. The van der Waals surface area contributed by atoms with Crippen LogP contribution in [0, 0.1) is 0 Å². The monoisotopic (exact) mass is 335 g/mol. The fourth-order valence-corrected chi connectivity index (χ4v) is 3.32. The highest BCUT2D eigenvalue weighted by Crippen LogP contribution is 2.26. The first-order valence-corrected chi connectivity index (χ1v) is 8.18. The molecule has 0 spiro atoms. The predicted octanol–water partition coefficient (Wildman–Crippen LogP) is 3.10. The molecule has 0 bridgehead atoms. The van der Waals surface area contributed by atoms with E-state index in [-0.39, 0.29) is 18.2 Å². The summed E-state index contributed by atoms with van der Waals surface area (Å²) < 4.78 is 0. The van der Waals surface area contributed by atoms with Gasteiger partial charge in [-0.3, -0.25) is 14.5 Å². The van der Waals surface area contributed by atoms with Gasteiger partial charge in [-0.1, -0.05) is 23.7 Å². The summed E-state index contributed by atoms with van der Waals surface area (Å²) in [5.41, 5.74) is 1.24. The Kier molecular flexibility index (Phi) is 4.40. The Hall–Kier alpha value is -1.92. The Morgan fingerprint density at radius 1 is 1.41 bits per heavy atom. The average Bonchev–Trinajstić information content (AvgIpc) is 3.10. The normalized spacial score (nSPS) is 14.4. The summed E-state index contributed by atoms with van der Waals surface area (Å²) in [4.78, 5) is 29.8. The van der Waals surface area contributed by atoms with E-state index in [1.807, 2.05) is 5.38 Å². The largest absolute Gasteiger partial charge is 0.324 e. The molecular weight excluding hydrogens is 322 g/mol. The van der Waals surface area contributed by atoms with Crippen molar-refractivity contribution in [1.29, 1.82) is 0 Å². The molecule has 114 valence electrons. The first kappa shape index (κ1) is 15.0. The molecule has 1 aliphatic rings. The molecule has 22 heavy (non-hydrogen) atoms.